The van der Waals surface area contributed by atoms with Gasteiger partial charge in [0, 0.05) is 5.92 Å². The first kappa shape index (κ1) is 11.5. The molecular weight excluding hydrogens is 184 g/mol. The van der Waals surface area contributed by atoms with Gasteiger partial charge in [-0.25, -0.2) is 4.79 Å². The third-order valence-corrected chi connectivity index (χ3v) is 3.30. The smallest absolute Gasteiger partial charge is 0.338 e. The molecule has 1 aliphatic carbocycles. The molecule has 0 heterocycles. The lowest BCUT2D eigenvalue weighted by Crippen LogP contribution is -2.50. The van der Waals surface area contributed by atoms with Crippen LogP contribution in [-0.2, 0) is 4.79 Å². The van der Waals surface area contributed by atoms with Gasteiger partial charge >= 0.3 is 5.97 Å². The summed E-state index contributed by atoms with van der Waals surface area (Å²) in [6.07, 6.45) is 3.23. The molecule has 1 fully saturated rings. The first-order chi connectivity index (χ1) is 6.50. The number of carbonyl (C=O) groups is 1. The minimum atomic E-state index is -1.93. The molecule has 0 amide bonds. The number of hydrogen-bond acceptors (Lipinski definition) is 3. The predicted octanol–water partition coefficient (Wildman–Crippen LogP) is 0.621. The molecule has 0 spiro atoms. The standard InChI is InChI=1S/C10H18O4/c1-7-2-4-8(5-3-7)10(14,6-11)9(12)13/h7-8,11,14H,2-6H2,1H3,(H,12,13)/t7?,8?,10-/m1/s1. The van der Waals surface area contributed by atoms with E-state index in [2.05, 4.69) is 6.92 Å². The first-order valence-electron chi connectivity index (χ1n) is 5.07. The average molecular weight is 202 g/mol. The molecule has 3 N–H and O–H groups in total. The van der Waals surface area contributed by atoms with Crippen LogP contribution in [0.5, 0.6) is 0 Å². The highest BCUT2D eigenvalue weighted by Gasteiger charge is 2.44. The molecule has 1 atom stereocenters. The molecule has 82 valence electrons. The third-order valence-electron chi connectivity index (χ3n) is 3.30. The Morgan fingerprint density at radius 1 is 1.36 bits per heavy atom. The molecule has 0 aromatic carbocycles. The molecule has 1 aliphatic rings. The first-order valence-corrected chi connectivity index (χ1v) is 5.07. The van der Waals surface area contributed by atoms with Gasteiger partial charge in [-0.05, 0) is 18.8 Å². The molecule has 0 aromatic rings. The summed E-state index contributed by atoms with van der Waals surface area (Å²) >= 11 is 0. The highest BCUT2D eigenvalue weighted by molar-refractivity contribution is 5.77. The Bertz CT molecular complexity index is 208. The zero-order valence-electron chi connectivity index (χ0n) is 8.44. The molecule has 14 heavy (non-hydrogen) atoms. The lowest BCUT2D eigenvalue weighted by atomic mass is 9.74. The van der Waals surface area contributed by atoms with Crippen LogP contribution in [0.4, 0.5) is 0 Å². The maximum atomic E-state index is 10.8. The summed E-state index contributed by atoms with van der Waals surface area (Å²) in [5.41, 5.74) is -1.93. The van der Waals surface area contributed by atoms with E-state index in [1.807, 2.05) is 0 Å². The Morgan fingerprint density at radius 3 is 2.21 bits per heavy atom. The topological polar surface area (TPSA) is 77.8 Å². The predicted molar refractivity (Wildman–Crippen MR) is 50.8 cm³/mol. The Kier molecular flexibility index (Phi) is 3.50. The molecule has 0 radical (unpaired) electrons. The van der Waals surface area contributed by atoms with E-state index < -0.39 is 18.2 Å². The van der Waals surface area contributed by atoms with Gasteiger partial charge in [0.1, 0.15) is 0 Å². The monoisotopic (exact) mass is 202 g/mol. The van der Waals surface area contributed by atoms with E-state index in [1.54, 1.807) is 0 Å². The fourth-order valence-corrected chi connectivity index (χ4v) is 2.11. The second-order valence-electron chi connectivity index (χ2n) is 4.34. The van der Waals surface area contributed by atoms with Crippen molar-refractivity contribution in [1.29, 1.82) is 0 Å². The molecule has 1 rings (SSSR count). The fraction of sp³-hybridized carbons (Fsp3) is 0.900. The van der Waals surface area contributed by atoms with E-state index in [0.717, 1.165) is 12.8 Å². The summed E-state index contributed by atoms with van der Waals surface area (Å²) in [6.45, 7) is 1.43. The van der Waals surface area contributed by atoms with Crippen molar-refractivity contribution in [2.75, 3.05) is 6.61 Å². The van der Waals surface area contributed by atoms with Gasteiger partial charge in [-0.3, -0.25) is 0 Å². The average Bonchev–Trinajstić information content (AvgIpc) is 2.17. The lowest BCUT2D eigenvalue weighted by Gasteiger charge is -2.35. The Hall–Kier alpha value is -0.610. The summed E-state index contributed by atoms with van der Waals surface area (Å²) < 4.78 is 0. The van der Waals surface area contributed by atoms with E-state index in [9.17, 15) is 9.90 Å². The largest absolute Gasteiger partial charge is 0.479 e. The van der Waals surface area contributed by atoms with Gasteiger partial charge in [-0.2, -0.15) is 0 Å². The summed E-state index contributed by atoms with van der Waals surface area (Å²) in [5, 5.41) is 27.5. The molecular formula is C10H18O4. The van der Waals surface area contributed by atoms with Gasteiger partial charge in [0.05, 0.1) is 6.61 Å². The van der Waals surface area contributed by atoms with Crippen LogP contribution in [0.2, 0.25) is 0 Å². The van der Waals surface area contributed by atoms with E-state index >= 15 is 0 Å². The quantitative estimate of drug-likeness (QED) is 0.627. The van der Waals surface area contributed by atoms with Gasteiger partial charge in [0.15, 0.2) is 5.60 Å². The molecule has 0 aromatic heterocycles. The second-order valence-corrected chi connectivity index (χ2v) is 4.34. The van der Waals surface area contributed by atoms with Crippen LogP contribution in [0.15, 0.2) is 0 Å². The minimum Gasteiger partial charge on any atom is -0.479 e. The van der Waals surface area contributed by atoms with Gasteiger partial charge in [-0.1, -0.05) is 19.8 Å². The van der Waals surface area contributed by atoms with Crippen LogP contribution in [0.3, 0.4) is 0 Å². The van der Waals surface area contributed by atoms with E-state index in [4.69, 9.17) is 10.2 Å². The van der Waals surface area contributed by atoms with Gasteiger partial charge in [0.25, 0.3) is 0 Å². The van der Waals surface area contributed by atoms with Crippen LogP contribution < -0.4 is 0 Å². The van der Waals surface area contributed by atoms with Crippen molar-refractivity contribution in [3.8, 4) is 0 Å². The summed E-state index contributed by atoms with van der Waals surface area (Å²) in [6, 6.07) is 0. The second kappa shape index (κ2) is 4.28. The van der Waals surface area contributed by atoms with Gasteiger partial charge < -0.3 is 15.3 Å². The summed E-state index contributed by atoms with van der Waals surface area (Å²) in [4.78, 5) is 10.8. The van der Waals surface area contributed by atoms with Crippen molar-refractivity contribution < 1.29 is 20.1 Å². The van der Waals surface area contributed by atoms with Crippen molar-refractivity contribution in [1.82, 2.24) is 0 Å². The minimum absolute atomic E-state index is 0.304. The Morgan fingerprint density at radius 2 is 1.86 bits per heavy atom. The van der Waals surface area contributed by atoms with Crippen molar-refractivity contribution in [3.05, 3.63) is 0 Å². The van der Waals surface area contributed by atoms with Crippen molar-refractivity contribution >= 4 is 5.97 Å². The molecule has 4 nitrogen and oxygen atoms in total. The highest BCUT2D eigenvalue weighted by atomic mass is 16.4. The van der Waals surface area contributed by atoms with Crippen molar-refractivity contribution in [2.24, 2.45) is 11.8 Å². The van der Waals surface area contributed by atoms with Crippen LogP contribution in [0.1, 0.15) is 32.6 Å². The molecule has 0 unspecified atom stereocenters. The lowest BCUT2D eigenvalue weighted by molar-refractivity contribution is -0.172. The SMILES string of the molecule is CC1CCC([C@](O)(CO)C(=O)O)CC1. The fourth-order valence-electron chi connectivity index (χ4n) is 2.11. The van der Waals surface area contributed by atoms with Crippen molar-refractivity contribution in [2.45, 2.75) is 38.2 Å². The van der Waals surface area contributed by atoms with Crippen LogP contribution in [0.25, 0.3) is 0 Å². The number of aliphatic carboxylic acids is 1. The van der Waals surface area contributed by atoms with Gasteiger partial charge in [-0.15, -0.1) is 0 Å². The molecule has 0 aliphatic heterocycles. The third kappa shape index (κ3) is 2.07. The summed E-state index contributed by atoms with van der Waals surface area (Å²) in [5.74, 6) is -1.01. The molecule has 0 bridgehead atoms. The number of aliphatic hydroxyl groups excluding tert-OH is 1. The molecule has 4 heteroatoms. The maximum Gasteiger partial charge on any atom is 0.338 e. The molecule has 1 saturated carbocycles. The zero-order chi connectivity index (χ0) is 10.8. The number of carboxylic acids is 1. The number of aliphatic hydroxyl groups is 2. The Balaban J connectivity index is 2.66. The van der Waals surface area contributed by atoms with Crippen LogP contribution in [-0.4, -0.2) is 33.5 Å². The van der Waals surface area contributed by atoms with E-state index in [1.165, 1.54) is 0 Å². The van der Waals surface area contributed by atoms with E-state index in [0.29, 0.717) is 18.8 Å². The Labute approximate surface area is 83.6 Å². The zero-order valence-corrected chi connectivity index (χ0v) is 8.44. The normalized spacial score (nSPS) is 32.2. The van der Waals surface area contributed by atoms with Crippen molar-refractivity contribution in [3.63, 3.8) is 0 Å². The molecule has 0 saturated heterocycles. The number of rotatable bonds is 3. The number of carboxylic acid groups (broad SMARTS) is 1. The van der Waals surface area contributed by atoms with Crippen LogP contribution >= 0.6 is 0 Å². The number of hydrogen-bond donors (Lipinski definition) is 3. The van der Waals surface area contributed by atoms with Crippen LogP contribution in [0, 0.1) is 11.8 Å². The van der Waals surface area contributed by atoms with E-state index in [-0.39, 0.29) is 5.92 Å². The maximum absolute atomic E-state index is 10.8. The highest BCUT2D eigenvalue weighted by Crippen LogP contribution is 2.35. The summed E-state index contributed by atoms with van der Waals surface area (Å²) in [7, 11) is 0. The van der Waals surface area contributed by atoms with Gasteiger partial charge in [0.2, 0.25) is 0 Å².